The minimum atomic E-state index is -0.620. The first-order valence-electron chi connectivity index (χ1n) is 17.7. The highest BCUT2D eigenvalue weighted by molar-refractivity contribution is 7.27. The molecule has 3 saturated carbocycles. The van der Waals surface area contributed by atoms with Crippen molar-refractivity contribution >= 4 is 20.5 Å². The number of rotatable bonds is 14. The number of allylic oxidation sites excluding steroid dienone is 1. The standard InChI is InChI=1S/C40H57O4P/c1-6-43-35-22-31(23-36(44-7-2)37(35)32-11-8-12-33(45)24-32)14-13-30-16-19-40(26-30,34-21-28(34)4)25-27(3)20-29-10-9-17-39(5,18-15-29)38(41)42/h8,11-12,22-24,28-30,34H,3,6-7,9-10,13-21,25-26,45H2,1-2,4-5H3,(H,41,42). The Bertz CT molecular complexity index is 1320. The largest absolute Gasteiger partial charge is 0.493 e. The molecule has 7 unspecified atom stereocenters. The molecule has 0 bridgehead atoms. The zero-order valence-corrected chi connectivity index (χ0v) is 29.5. The van der Waals surface area contributed by atoms with E-state index >= 15 is 0 Å². The molecule has 0 aromatic heterocycles. The normalized spacial score (nSPS) is 29.6. The van der Waals surface area contributed by atoms with Crippen LogP contribution in [-0.2, 0) is 11.2 Å². The predicted octanol–water partition coefficient (Wildman–Crippen LogP) is 10.0. The molecule has 0 saturated heterocycles. The Balaban J connectivity index is 1.25. The van der Waals surface area contributed by atoms with Gasteiger partial charge in [0.05, 0.1) is 24.2 Å². The van der Waals surface area contributed by atoms with Gasteiger partial charge >= 0.3 is 5.97 Å². The van der Waals surface area contributed by atoms with Crippen molar-refractivity contribution in [2.24, 2.45) is 34.5 Å². The Morgan fingerprint density at radius 2 is 1.71 bits per heavy atom. The topological polar surface area (TPSA) is 55.8 Å². The summed E-state index contributed by atoms with van der Waals surface area (Å²) in [5.74, 6) is 4.21. The van der Waals surface area contributed by atoms with Gasteiger partial charge in [0.25, 0.3) is 0 Å². The highest BCUT2D eigenvalue weighted by atomic mass is 31.0. The quantitative estimate of drug-likeness (QED) is 0.128. The maximum atomic E-state index is 11.9. The molecule has 5 rings (SSSR count). The van der Waals surface area contributed by atoms with E-state index in [1.807, 2.05) is 6.92 Å². The Morgan fingerprint density at radius 3 is 2.33 bits per heavy atom. The smallest absolute Gasteiger partial charge is 0.309 e. The monoisotopic (exact) mass is 632 g/mol. The van der Waals surface area contributed by atoms with Crippen molar-refractivity contribution < 1.29 is 19.4 Å². The molecule has 5 heteroatoms. The lowest BCUT2D eigenvalue weighted by Crippen LogP contribution is -2.26. The first-order chi connectivity index (χ1) is 21.6. The maximum Gasteiger partial charge on any atom is 0.309 e. The van der Waals surface area contributed by atoms with E-state index in [1.54, 1.807) is 0 Å². The fourth-order valence-corrected chi connectivity index (χ4v) is 9.26. The van der Waals surface area contributed by atoms with Crippen molar-refractivity contribution in [3.8, 4) is 22.6 Å². The molecule has 0 aliphatic heterocycles. The lowest BCUT2D eigenvalue weighted by atomic mass is 9.72. The van der Waals surface area contributed by atoms with Gasteiger partial charge in [-0.05, 0) is 155 Å². The molecule has 2 aromatic rings. The lowest BCUT2D eigenvalue weighted by Gasteiger charge is -2.32. The average Bonchev–Trinajstić information content (AvgIpc) is 3.65. The van der Waals surface area contributed by atoms with Crippen molar-refractivity contribution in [1.29, 1.82) is 0 Å². The molecule has 0 heterocycles. The molecule has 1 N–H and O–H groups in total. The number of ether oxygens (including phenoxy) is 2. The molecule has 45 heavy (non-hydrogen) atoms. The number of aliphatic carboxylic acids is 1. The third-order valence-electron chi connectivity index (χ3n) is 11.5. The van der Waals surface area contributed by atoms with E-state index in [2.05, 4.69) is 73.0 Å². The van der Waals surface area contributed by atoms with E-state index in [9.17, 15) is 9.90 Å². The summed E-state index contributed by atoms with van der Waals surface area (Å²) in [7, 11) is 2.80. The van der Waals surface area contributed by atoms with Gasteiger partial charge in [-0.15, -0.1) is 9.24 Å². The molecule has 246 valence electrons. The van der Waals surface area contributed by atoms with Crippen LogP contribution in [0, 0.1) is 34.5 Å². The van der Waals surface area contributed by atoms with Gasteiger partial charge in [0.2, 0.25) is 0 Å². The van der Waals surface area contributed by atoms with Gasteiger partial charge in [-0.3, -0.25) is 4.79 Å². The van der Waals surface area contributed by atoms with Gasteiger partial charge in [-0.2, -0.15) is 0 Å². The van der Waals surface area contributed by atoms with Crippen LogP contribution in [0.1, 0.15) is 110 Å². The Morgan fingerprint density at radius 1 is 1.02 bits per heavy atom. The summed E-state index contributed by atoms with van der Waals surface area (Å²) in [6.45, 7) is 14.4. The van der Waals surface area contributed by atoms with Crippen LogP contribution in [0.15, 0.2) is 48.6 Å². The molecule has 0 amide bonds. The molecular formula is C40H57O4P. The summed E-state index contributed by atoms with van der Waals surface area (Å²) < 4.78 is 12.5. The van der Waals surface area contributed by atoms with Crippen LogP contribution in [0.4, 0.5) is 0 Å². The molecule has 0 spiro atoms. The molecule has 3 fully saturated rings. The third-order valence-corrected chi connectivity index (χ3v) is 11.9. The van der Waals surface area contributed by atoms with Crippen molar-refractivity contribution in [3.63, 3.8) is 0 Å². The van der Waals surface area contributed by atoms with E-state index in [-0.39, 0.29) is 0 Å². The Labute approximate surface area is 275 Å². The summed E-state index contributed by atoms with van der Waals surface area (Å²) in [6.07, 6.45) is 14.6. The number of hydrogen-bond donors (Lipinski definition) is 1. The highest BCUT2D eigenvalue weighted by Crippen LogP contribution is 2.63. The second-order valence-electron chi connectivity index (χ2n) is 15.1. The highest BCUT2D eigenvalue weighted by Gasteiger charge is 2.53. The summed E-state index contributed by atoms with van der Waals surface area (Å²) in [5, 5.41) is 10.9. The summed E-state index contributed by atoms with van der Waals surface area (Å²) in [4.78, 5) is 11.9. The number of carbonyl (C=O) groups is 1. The van der Waals surface area contributed by atoms with Crippen molar-refractivity contribution in [2.45, 2.75) is 111 Å². The third kappa shape index (κ3) is 8.16. The van der Waals surface area contributed by atoms with Gasteiger partial charge in [-0.1, -0.05) is 50.1 Å². The maximum absolute atomic E-state index is 11.9. The fraction of sp³-hybridized carbons (Fsp3) is 0.625. The van der Waals surface area contributed by atoms with Crippen LogP contribution in [-0.4, -0.2) is 24.3 Å². The summed E-state index contributed by atoms with van der Waals surface area (Å²) in [6, 6.07) is 13.0. The predicted molar refractivity (Wildman–Crippen MR) is 190 cm³/mol. The van der Waals surface area contributed by atoms with Crippen LogP contribution in [0.2, 0.25) is 0 Å². The van der Waals surface area contributed by atoms with Crippen LogP contribution in [0.3, 0.4) is 0 Å². The minimum Gasteiger partial charge on any atom is -0.493 e. The van der Waals surface area contributed by atoms with Crippen molar-refractivity contribution in [2.75, 3.05) is 13.2 Å². The van der Waals surface area contributed by atoms with Gasteiger partial charge in [0, 0.05) is 0 Å². The molecule has 4 nitrogen and oxygen atoms in total. The van der Waals surface area contributed by atoms with E-state index in [0.717, 1.165) is 97.1 Å². The number of hydrogen-bond acceptors (Lipinski definition) is 3. The number of aryl methyl sites for hydroxylation is 1. The molecule has 3 aliphatic rings. The summed E-state index contributed by atoms with van der Waals surface area (Å²) in [5.41, 5.74) is 4.75. The van der Waals surface area contributed by atoms with Crippen LogP contribution in [0.25, 0.3) is 11.1 Å². The Hall–Kier alpha value is -2.32. The van der Waals surface area contributed by atoms with E-state index in [0.29, 0.717) is 24.5 Å². The lowest BCUT2D eigenvalue weighted by molar-refractivity contribution is -0.148. The number of benzene rings is 2. The second-order valence-corrected chi connectivity index (χ2v) is 15.7. The molecule has 2 aromatic carbocycles. The fourth-order valence-electron chi connectivity index (χ4n) is 8.97. The number of carboxylic acids is 1. The van der Waals surface area contributed by atoms with E-state index < -0.39 is 11.4 Å². The van der Waals surface area contributed by atoms with E-state index in [4.69, 9.17) is 9.47 Å². The zero-order valence-electron chi connectivity index (χ0n) is 28.3. The molecule has 3 aliphatic carbocycles. The second kappa shape index (κ2) is 14.6. The molecule has 7 atom stereocenters. The van der Waals surface area contributed by atoms with Crippen LogP contribution < -0.4 is 14.8 Å². The van der Waals surface area contributed by atoms with Crippen LogP contribution in [0.5, 0.6) is 11.5 Å². The van der Waals surface area contributed by atoms with Gasteiger partial charge in [0.1, 0.15) is 11.5 Å². The van der Waals surface area contributed by atoms with Crippen molar-refractivity contribution in [1.82, 2.24) is 0 Å². The van der Waals surface area contributed by atoms with Gasteiger partial charge in [-0.25, -0.2) is 0 Å². The minimum absolute atomic E-state index is 0.404. The van der Waals surface area contributed by atoms with Gasteiger partial charge < -0.3 is 14.6 Å². The molecular weight excluding hydrogens is 575 g/mol. The first kappa shape index (κ1) is 34.0. The number of carboxylic acid groups (broad SMARTS) is 1. The SMILES string of the molecule is C=C(CC1CCCC(C)(C(=O)O)CC1)CC1(C2CC2C)CCC(CCc2cc(OCC)c(-c3cccc(P)c3)c(OCC)c2)C1. The summed E-state index contributed by atoms with van der Waals surface area (Å²) >= 11 is 0. The average molecular weight is 633 g/mol. The van der Waals surface area contributed by atoms with E-state index in [1.165, 1.54) is 43.2 Å². The molecule has 0 radical (unpaired) electrons. The van der Waals surface area contributed by atoms with Gasteiger partial charge in [0.15, 0.2) is 0 Å². The zero-order chi connectivity index (χ0) is 32.2. The van der Waals surface area contributed by atoms with Crippen LogP contribution >= 0.6 is 9.24 Å². The Kier molecular flexibility index (Phi) is 11.1. The first-order valence-corrected chi connectivity index (χ1v) is 18.3. The van der Waals surface area contributed by atoms with Crippen molar-refractivity contribution in [3.05, 3.63) is 54.1 Å².